The van der Waals surface area contributed by atoms with E-state index in [0.29, 0.717) is 19.0 Å². The number of nitrogens with zero attached hydrogens (tertiary/aromatic N) is 2. The molecule has 110 valence electrons. The van der Waals surface area contributed by atoms with E-state index in [1.807, 2.05) is 4.31 Å². The fourth-order valence-corrected chi connectivity index (χ4v) is 6.05. The molecule has 3 aliphatic heterocycles. The molecule has 3 saturated heterocycles. The molecule has 0 aromatic rings. The SMILES string of the molecule is CC1CC2CNCC2N1S(=O)(=O)N1CCCCCC1. The summed E-state index contributed by atoms with van der Waals surface area (Å²) >= 11 is 0. The average molecular weight is 287 g/mol. The van der Waals surface area contributed by atoms with Gasteiger partial charge in [0.05, 0.1) is 0 Å². The van der Waals surface area contributed by atoms with E-state index >= 15 is 0 Å². The molecule has 0 radical (unpaired) electrons. The maximum absolute atomic E-state index is 12.9. The zero-order valence-electron chi connectivity index (χ0n) is 11.7. The van der Waals surface area contributed by atoms with Crippen molar-refractivity contribution in [3.63, 3.8) is 0 Å². The van der Waals surface area contributed by atoms with Crippen LogP contribution in [0.3, 0.4) is 0 Å². The van der Waals surface area contributed by atoms with Gasteiger partial charge in [-0.1, -0.05) is 12.8 Å². The van der Waals surface area contributed by atoms with Crippen molar-refractivity contribution in [2.24, 2.45) is 5.92 Å². The third-order valence-electron chi connectivity index (χ3n) is 4.87. The highest BCUT2D eigenvalue weighted by molar-refractivity contribution is 7.86. The number of fused-ring (bicyclic) bond motifs is 1. The zero-order valence-corrected chi connectivity index (χ0v) is 12.5. The summed E-state index contributed by atoms with van der Waals surface area (Å²) in [5, 5.41) is 3.34. The van der Waals surface area contributed by atoms with Crippen molar-refractivity contribution in [3.8, 4) is 0 Å². The molecule has 5 nitrogen and oxygen atoms in total. The summed E-state index contributed by atoms with van der Waals surface area (Å²) in [6.45, 7) is 5.27. The standard InChI is InChI=1S/C13H25N3O2S/c1-11-8-12-9-14-10-13(12)16(11)19(17,18)15-6-4-2-3-5-7-15/h11-14H,2-10H2,1H3. The molecular weight excluding hydrogens is 262 g/mol. The van der Waals surface area contributed by atoms with Crippen molar-refractivity contribution >= 4 is 10.2 Å². The molecule has 3 aliphatic rings. The second-order valence-corrected chi connectivity index (χ2v) is 8.06. The molecule has 3 rings (SSSR count). The highest BCUT2D eigenvalue weighted by Gasteiger charge is 2.49. The van der Waals surface area contributed by atoms with Gasteiger partial charge in [-0.05, 0) is 38.6 Å². The van der Waals surface area contributed by atoms with Gasteiger partial charge >= 0.3 is 0 Å². The molecule has 3 fully saturated rings. The Hall–Kier alpha value is -0.170. The first kappa shape index (κ1) is 13.8. The summed E-state index contributed by atoms with van der Waals surface area (Å²) in [6.07, 6.45) is 5.34. The van der Waals surface area contributed by atoms with Crippen LogP contribution >= 0.6 is 0 Å². The molecular formula is C13H25N3O2S. The molecule has 0 amide bonds. The van der Waals surface area contributed by atoms with Crippen LogP contribution in [-0.4, -0.2) is 55.3 Å². The maximum Gasteiger partial charge on any atom is 0.282 e. The Labute approximate surface area is 116 Å². The first-order chi connectivity index (χ1) is 9.10. The minimum Gasteiger partial charge on any atom is -0.315 e. The van der Waals surface area contributed by atoms with Crippen molar-refractivity contribution in [3.05, 3.63) is 0 Å². The van der Waals surface area contributed by atoms with Crippen LogP contribution in [0.2, 0.25) is 0 Å². The third kappa shape index (κ3) is 2.44. The smallest absolute Gasteiger partial charge is 0.282 e. The fraction of sp³-hybridized carbons (Fsp3) is 1.00. The van der Waals surface area contributed by atoms with Crippen LogP contribution in [0, 0.1) is 5.92 Å². The molecule has 0 bridgehead atoms. The number of hydrogen-bond donors (Lipinski definition) is 1. The van der Waals surface area contributed by atoms with Crippen molar-refractivity contribution in [1.82, 2.24) is 13.9 Å². The third-order valence-corrected chi connectivity index (χ3v) is 7.05. The second kappa shape index (κ2) is 5.31. The van der Waals surface area contributed by atoms with Gasteiger partial charge in [-0.25, -0.2) is 0 Å². The van der Waals surface area contributed by atoms with E-state index < -0.39 is 10.2 Å². The fourth-order valence-electron chi connectivity index (χ4n) is 3.93. The van der Waals surface area contributed by atoms with Crippen LogP contribution in [-0.2, 0) is 10.2 Å². The van der Waals surface area contributed by atoms with Gasteiger partial charge in [0, 0.05) is 31.7 Å². The van der Waals surface area contributed by atoms with E-state index in [-0.39, 0.29) is 12.1 Å². The van der Waals surface area contributed by atoms with E-state index in [0.717, 1.165) is 45.2 Å². The molecule has 3 atom stereocenters. The van der Waals surface area contributed by atoms with Gasteiger partial charge in [0.1, 0.15) is 0 Å². The molecule has 3 unspecified atom stereocenters. The predicted molar refractivity (Wildman–Crippen MR) is 75.0 cm³/mol. The molecule has 0 aromatic carbocycles. The largest absolute Gasteiger partial charge is 0.315 e. The lowest BCUT2D eigenvalue weighted by Gasteiger charge is -2.32. The van der Waals surface area contributed by atoms with Gasteiger partial charge in [-0.3, -0.25) is 0 Å². The van der Waals surface area contributed by atoms with E-state index in [9.17, 15) is 8.42 Å². The Kier molecular flexibility index (Phi) is 3.86. The number of hydrogen-bond acceptors (Lipinski definition) is 3. The van der Waals surface area contributed by atoms with Crippen LogP contribution < -0.4 is 5.32 Å². The Morgan fingerprint density at radius 3 is 2.42 bits per heavy atom. The summed E-state index contributed by atoms with van der Waals surface area (Å²) in [5.74, 6) is 0.511. The second-order valence-electron chi connectivity index (χ2n) is 6.22. The molecule has 0 saturated carbocycles. The number of rotatable bonds is 2. The maximum atomic E-state index is 12.9. The van der Waals surface area contributed by atoms with Gasteiger partial charge in [-0.2, -0.15) is 17.0 Å². The van der Waals surface area contributed by atoms with E-state index in [4.69, 9.17) is 0 Å². The zero-order chi connectivity index (χ0) is 13.5. The van der Waals surface area contributed by atoms with Gasteiger partial charge in [0.15, 0.2) is 0 Å². The van der Waals surface area contributed by atoms with Crippen molar-refractivity contribution in [2.75, 3.05) is 26.2 Å². The highest BCUT2D eigenvalue weighted by Crippen LogP contribution is 2.35. The average Bonchev–Trinajstić information content (AvgIpc) is 2.77. The van der Waals surface area contributed by atoms with Crippen LogP contribution in [0.5, 0.6) is 0 Å². The lowest BCUT2D eigenvalue weighted by Crippen LogP contribution is -2.50. The van der Waals surface area contributed by atoms with Gasteiger partial charge < -0.3 is 5.32 Å². The minimum atomic E-state index is -3.26. The van der Waals surface area contributed by atoms with Gasteiger partial charge in [0.2, 0.25) is 0 Å². The van der Waals surface area contributed by atoms with Crippen LogP contribution in [0.4, 0.5) is 0 Å². The summed E-state index contributed by atoms with van der Waals surface area (Å²) in [5.41, 5.74) is 0. The van der Waals surface area contributed by atoms with Crippen molar-refractivity contribution < 1.29 is 8.42 Å². The summed E-state index contributed by atoms with van der Waals surface area (Å²) < 4.78 is 29.4. The molecule has 19 heavy (non-hydrogen) atoms. The first-order valence-electron chi connectivity index (χ1n) is 7.60. The quantitative estimate of drug-likeness (QED) is 0.817. The number of nitrogens with one attached hydrogen (secondary N) is 1. The Bertz CT molecular complexity index is 418. The predicted octanol–water partition coefficient (Wildman–Crippen LogP) is 0.789. The van der Waals surface area contributed by atoms with Crippen molar-refractivity contribution in [2.45, 2.75) is 51.1 Å². The Morgan fingerprint density at radius 2 is 1.74 bits per heavy atom. The Balaban J connectivity index is 1.82. The van der Waals surface area contributed by atoms with Crippen molar-refractivity contribution in [1.29, 1.82) is 0 Å². The lowest BCUT2D eigenvalue weighted by molar-refractivity contribution is 0.293. The summed E-state index contributed by atoms with van der Waals surface area (Å²) in [6, 6.07) is 0.341. The molecule has 0 aromatic heterocycles. The highest BCUT2D eigenvalue weighted by atomic mass is 32.2. The molecule has 1 N–H and O–H groups in total. The van der Waals surface area contributed by atoms with Crippen LogP contribution in [0.25, 0.3) is 0 Å². The van der Waals surface area contributed by atoms with Crippen LogP contribution in [0.15, 0.2) is 0 Å². The van der Waals surface area contributed by atoms with Crippen LogP contribution in [0.1, 0.15) is 39.0 Å². The molecule has 0 aliphatic carbocycles. The van der Waals surface area contributed by atoms with E-state index in [2.05, 4.69) is 12.2 Å². The normalized spacial score (nSPS) is 38.3. The monoisotopic (exact) mass is 287 g/mol. The first-order valence-corrected chi connectivity index (χ1v) is 9.00. The Morgan fingerprint density at radius 1 is 1.05 bits per heavy atom. The summed E-state index contributed by atoms with van der Waals surface area (Å²) in [4.78, 5) is 0. The lowest BCUT2D eigenvalue weighted by atomic mass is 10.0. The van der Waals surface area contributed by atoms with E-state index in [1.54, 1.807) is 4.31 Å². The topological polar surface area (TPSA) is 52.7 Å². The molecule has 3 heterocycles. The van der Waals surface area contributed by atoms with E-state index in [1.165, 1.54) is 0 Å². The minimum absolute atomic E-state index is 0.158. The molecule has 0 spiro atoms. The molecule has 6 heteroatoms. The van der Waals surface area contributed by atoms with Gasteiger partial charge in [0.25, 0.3) is 10.2 Å². The summed E-state index contributed by atoms with van der Waals surface area (Å²) in [7, 11) is -3.26. The van der Waals surface area contributed by atoms with Gasteiger partial charge in [-0.15, -0.1) is 0 Å².